The number of aromatic nitrogens is 3. The van der Waals surface area contributed by atoms with Gasteiger partial charge in [0.25, 0.3) is 5.92 Å². The molecule has 0 atom stereocenters. The predicted molar refractivity (Wildman–Crippen MR) is 136 cm³/mol. The van der Waals surface area contributed by atoms with Gasteiger partial charge in [0, 0.05) is 50.0 Å². The number of carbonyl (C=O) groups excluding carboxylic acids is 1. The van der Waals surface area contributed by atoms with Gasteiger partial charge in [-0.1, -0.05) is 50.2 Å². The van der Waals surface area contributed by atoms with Crippen molar-refractivity contribution in [1.82, 2.24) is 19.7 Å². The fourth-order valence-electron chi connectivity index (χ4n) is 4.45. The van der Waals surface area contributed by atoms with Gasteiger partial charge in [0.1, 0.15) is 12.3 Å². The van der Waals surface area contributed by atoms with Crippen molar-refractivity contribution in [2.75, 3.05) is 26.7 Å². The number of rotatable bonds is 10. The van der Waals surface area contributed by atoms with Crippen molar-refractivity contribution < 1.29 is 18.3 Å². The van der Waals surface area contributed by atoms with Gasteiger partial charge in [-0.15, -0.1) is 5.10 Å². The minimum atomic E-state index is -2.52. The summed E-state index contributed by atoms with van der Waals surface area (Å²) in [6.45, 7) is 5.85. The smallest absolute Gasteiger partial charge is 0.250 e. The molecule has 0 bridgehead atoms. The third-order valence-electron chi connectivity index (χ3n) is 6.48. The molecular weight excluding hydrogens is 462 g/mol. The first-order valence-corrected chi connectivity index (χ1v) is 12.5. The van der Waals surface area contributed by atoms with Gasteiger partial charge in [0.15, 0.2) is 17.4 Å². The predicted octanol–water partition coefficient (Wildman–Crippen LogP) is 5.51. The molecule has 2 aromatic carbocycles. The van der Waals surface area contributed by atoms with Crippen LogP contribution in [0.5, 0.6) is 5.75 Å². The van der Waals surface area contributed by atoms with Crippen LogP contribution in [0.3, 0.4) is 0 Å². The Bertz CT molecular complexity index is 1160. The van der Waals surface area contributed by atoms with E-state index in [0.717, 1.165) is 29.7 Å². The lowest BCUT2D eigenvalue weighted by Gasteiger charge is -2.31. The Morgan fingerprint density at radius 1 is 1.08 bits per heavy atom. The normalized spacial score (nSPS) is 15.8. The Labute approximate surface area is 211 Å². The van der Waals surface area contributed by atoms with Gasteiger partial charge in [0.2, 0.25) is 0 Å². The highest BCUT2D eigenvalue weighted by molar-refractivity contribution is 5.79. The summed E-state index contributed by atoms with van der Waals surface area (Å²) in [6.07, 6.45) is 1.16. The number of hydrogen-bond donors (Lipinski definition) is 0. The number of benzene rings is 2. The van der Waals surface area contributed by atoms with Crippen LogP contribution in [-0.2, 0) is 17.8 Å². The summed E-state index contributed by atoms with van der Waals surface area (Å²) in [7, 11) is 1.61. The van der Waals surface area contributed by atoms with Crippen LogP contribution in [-0.4, -0.2) is 58.1 Å². The largest absolute Gasteiger partial charge is 0.497 e. The van der Waals surface area contributed by atoms with Crippen LogP contribution in [0.1, 0.15) is 38.7 Å². The standard InChI is InChI=1S/C28H34F2N4O2/c1-20(2)17-24(35)19-34-27(23-5-4-6-25(18-23)36-3)31-26(32-34)22-9-7-21(8-10-22)11-14-33-15-12-28(29,30)13-16-33/h4-10,18,20H,11-17,19H2,1-3H3. The second-order valence-corrected chi connectivity index (χ2v) is 9.93. The zero-order valence-corrected chi connectivity index (χ0v) is 21.2. The number of nitrogens with zero attached hydrogens (tertiary/aromatic N) is 4. The molecule has 2 heterocycles. The van der Waals surface area contributed by atoms with Gasteiger partial charge < -0.3 is 9.64 Å². The molecule has 6 nitrogen and oxygen atoms in total. The van der Waals surface area contributed by atoms with Crippen molar-refractivity contribution in [3.63, 3.8) is 0 Å². The first-order valence-electron chi connectivity index (χ1n) is 12.5. The maximum absolute atomic E-state index is 13.4. The molecule has 1 saturated heterocycles. The third-order valence-corrected chi connectivity index (χ3v) is 6.48. The number of ketones is 1. The Balaban J connectivity index is 1.51. The van der Waals surface area contributed by atoms with E-state index in [2.05, 4.69) is 10.00 Å². The van der Waals surface area contributed by atoms with Crippen molar-refractivity contribution in [2.24, 2.45) is 5.92 Å². The molecular formula is C28H34F2N4O2. The summed E-state index contributed by atoms with van der Waals surface area (Å²) >= 11 is 0. The zero-order valence-electron chi connectivity index (χ0n) is 21.2. The van der Waals surface area contributed by atoms with Gasteiger partial charge in [-0.05, 0) is 30.0 Å². The molecule has 0 radical (unpaired) electrons. The zero-order chi connectivity index (χ0) is 25.7. The van der Waals surface area contributed by atoms with Gasteiger partial charge in [-0.25, -0.2) is 18.4 Å². The minimum Gasteiger partial charge on any atom is -0.497 e. The highest BCUT2D eigenvalue weighted by Gasteiger charge is 2.33. The van der Waals surface area contributed by atoms with Crippen LogP contribution in [0.25, 0.3) is 22.8 Å². The third kappa shape index (κ3) is 6.75. The van der Waals surface area contributed by atoms with Crippen LogP contribution in [0.2, 0.25) is 0 Å². The lowest BCUT2D eigenvalue weighted by Crippen LogP contribution is -2.40. The fraction of sp³-hybridized carbons (Fsp3) is 0.464. The van der Waals surface area contributed by atoms with Crippen LogP contribution < -0.4 is 4.74 Å². The molecule has 0 N–H and O–H groups in total. The van der Waals surface area contributed by atoms with Crippen LogP contribution in [0.4, 0.5) is 8.78 Å². The van der Waals surface area contributed by atoms with Crippen LogP contribution in [0, 0.1) is 5.92 Å². The van der Waals surface area contributed by atoms with Crippen molar-refractivity contribution >= 4 is 5.78 Å². The van der Waals surface area contributed by atoms with Crippen molar-refractivity contribution in [2.45, 2.75) is 52.0 Å². The van der Waals surface area contributed by atoms with E-state index in [1.807, 2.05) is 62.4 Å². The molecule has 192 valence electrons. The SMILES string of the molecule is COc1cccc(-c2nc(-c3ccc(CCN4CCC(F)(F)CC4)cc3)nn2CC(=O)CC(C)C)c1. The average molecular weight is 497 g/mol. The summed E-state index contributed by atoms with van der Waals surface area (Å²) < 4.78 is 33.8. The quantitative estimate of drug-likeness (QED) is 0.370. The van der Waals surface area contributed by atoms with E-state index < -0.39 is 5.92 Å². The first-order chi connectivity index (χ1) is 17.2. The van der Waals surface area contributed by atoms with E-state index in [1.165, 1.54) is 0 Å². The van der Waals surface area contributed by atoms with Crippen LogP contribution >= 0.6 is 0 Å². The maximum atomic E-state index is 13.4. The van der Waals surface area contributed by atoms with Crippen molar-refractivity contribution in [3.05, 3.63) is 54.1 Å². The molecule has 3 aromatic rings. The van der Waals surface area contributed by atoms with Crippen LogP contribution in [0.15, 0.2) is 48.5 Å². The van der Waals surface area contributed by atoms with E-state index in [4.69, 9.17) is 9.72 Å². The summed E-state index contributed by atoms with van der Waals surface area (Å²) in [5, 5.41) is 4.69. The number of alkyl halides is 2. The lowest BCUT2D eigenvalue weighted by atomic mass is 10.0. The van der Waals surface area contributed by atoms with Crippen molar-refractivity contribution in [3.8, 4) is 28.5 Å². The van der Waals surface area contributed by atoms with Gasteiger partial charge >= 0.3 is 0 Å². The molecule has 1 aliphatic heterocycles. The van der Waals surface area contributed by atoms with Crippen molar-refractivity contribution in [1.29, 1.82) is 0 Å². The fourth-order valence-corrected chi connectivity index (χ4v) is 4.45. The number of likely N-dealkylation sites (tertiary alicyclic amines) is 1. The number of ether oxygens (including phenoxy) is 1. The number of methoxy groups -OCH3 is 1. The number of Topliss-reactive ketones (excluding diaryl/α,β-unsaturated/α-hetero) is 1. The summed E-state index contributed by atoms with van der Waals surface area (Å²) in [6, 6.07) is 15.6. The highest BCUT2D eigenvalue weighted by atomic mass is 19.3. The molecule has 0 aliphatic carbocycles. The Hall–Kier alpha value is -3.13. The first kappa shape index (κ1) is 25.9. The summed E-state index contributed by atoms with van der Waals surface area (Å²) in [5.41, 5.74) is 2.82. The molecule has 1 aromatic heterocycles. The molecule has 0 unspecified atom stereocenters. The topological polar surface area (TPSA) is 60.2 Å². The Morgan fingerprint density at radius 3 is 2.47 bits per heavy atom. The van der Waals surface area contributed by atoms with E-state index in [0.29, 0.717) is 36.9 Å². The average Bonchev–Trinajstić information content (AvgIpc) is 3.26. The molecule has 1 aliphatic rings. The monoisotopic (exact) mass is 496 g/mol. The molecule has 4 rings (SSSR count). The number of piperidine rings is 1. The van der Waals surface area contributed by atoms with E-state index in [1.54, 1.807) is 11.8 Å². The van der Waals surface area contributed by atoms with Gasteiger partial charge in [-0.2, -0.15) is 0 Å². The van der Waals surface area contributed by atoms with E-state index in [9.17, 15) is 13.6 Å². The molecule has 0 spiro atoms. The molecule has 0 amide bonds. The second kappa shape index (κ2) is 11.3. The van der Waals surface area contributed by atoms with E-state index in [-0.39, 0.29) is 31.1 Å². The number of carbonyl (C=O) groups is 1. The van der Waals surface area contributed by atoms with E-state index >= 15 is 0 Å². The Morgan fingerprint density at radius 2 is 1.81 bits per heavy atom. The minimum absolute atomic E-state index is 0.0600. The lowest BCUT2D eigenvalue weighted by molar-refractivity contribution is -0.120. The second-order valence-electron chi connectivity index (χ2n) is 9.93. The molecule has 1 fully saturated rings. The summed E-state index contributed by atoms with van der Waals surface area (Å²) in [4.78, 5) is 19.5. The number of halogens is 2. The maximum Gasteiger partial charge on any atom is 0.250 e. The Kier molecular flexibility index (Phi) is 8.14. The van der Waals surface area contributed by atoms with Gasteiger partial charge in [0.05, 0.1) is 7.11 Å². The number of hydrogen-bond acceptors (Lipinski definition) is 5. The summed E-state index contributed by atoms with van der Waals surface area (Å²) in [5.74, 6) is -0.260. The highest BCUT2D eigenvalue weighted by Crippen LogP contribution is 2.28. The molecule has 0 saturated carbocycles. The van der Waals surface area contributed by atoms with Gasteiger partial charge in [-0.3, -0.25) is 4.79 Å². The molecule has 8 heteroatoms. The molecule has 36 heavy (non-hydrogen) atoms.